The predicted octanol–water partition coefficient (Wildman–Crippen LogP) is 12.8. The molecular weight excluding hydrogens is 1320 g/mol. The first kappa shape index (κ1) is 61.0. The molecular formula is C56H52BBr3F8N12O5. The van der Waals surface area contributed by atoms with E-state index in [0.717, 1.165) is 81.7 Å². The van der Waals surface area contributed by atoms with Crippen LogP contribution in [0.3, 0.4) is 0 Å². The first-order valence-electron chi connectivity index (χ1n) is 26.9. The number of carbonyl (C=O) groups excluding carboxylic acids is 2. The number of nitrogens with one attached hydrogen (secondary N) is 2. The molecule has 6 heterocycles. The molecule has 2 aliphatic carbocycles. The van der Waals surface area contributed by atoms with E-state index in [2.05, 4.69) is 82.8 Å². The van der Waals surface area contributed by atoms with E-state index in [1.54, 1.807) is 22.9 Å². The molecule has 4 fully saturated rings. The van der Waals surface area contributed by atoms with Gasteiger partial charge in [-0.2, -0.15) is 36.3 Å². The number of amides is 2. The molecule has 8 aromatic rings. The highest BCUT2D eigenvalue weighted by atomic mass is 79.9. The summed E-state index contributed by atoms with van der Waals surface area (Å²) in [5, 5.41) is 26.8. The van der Waals surface area contributed by atoms with Crippen molar-refractivity contribution < 1.29 is 59.7 Å². The van der Waals surface area contributed by atoms with Crippen molar-refractivity contribution in [2.75, 3.05) is 43.9 Å². The number of phenolic OH excluding ortho intramolecular Hbond substituents is 2. The molecule has 4 aromatic heterocycles. The number of rotatable bonds is 11. The van der Waals surface area contributed by atoms with Gasteiger partial charge in [-0.25, -0.2) is 28.7 Å². The summed E-state index contributed by atoms with van der Waals surface area (Å²) in [6.07, 6.45) is 0.262. The summed E-state index contributed by atoms with van der Waals surface area (Å²) in [5.74, 6) is -1.27. The average molecular weight is 1380 g/mol. The fourth-order valence-corrected chi connectivity index (χ4v) is 10.4. The number of alkyl halides is 6. The Bertz CT molecular complexity index is 3810. The highest BCUT2D eigenvalue weighted by Crippen LogP contribution is 2.41. The molecule has 2 aliphatic heterocycles. The van der Waals surface area contributed by atoms with Gasteiger partial charge >= 0.3 is 15.5 Å². The fraction of sp³-hybridized carbons (Fsp3) is 0.357. The largest absolute Gasteiger partial charge is 0.504 e. The third-order valence-electron chi connectivity index (χ3n) is 14.7. The van der Waals surface area contributed by atoms with Gasteiger partial charge in [-0.1, -0.05) is 0 Å². The zero-order chi connectivity index (χ0) is 60.6. The molecule has 2 amide bonds. The highest BCUT2D eigenvalue weighted by Gasteiger charge is 2.39. The Kier molecular flexibility index (Phi) is 18.0. The van der Waals surface area contributed by atoms with Crippen LogP contribution in [0.2, 0.25) is 0 Å². The van der Waals surface area contributed by atoms with Crippen molar-refractivity contribution in [2.24, 2.45) is 11.8 Å². The van der Waals surface area contributed by atoms with E-state index in [4.69, 9.17) is 9.72 Å². The second kappa shape index (κ2) is 25.1. The lowest BCUT2D eigenvalue weighted by atomic mass is 10.1. The van der Waals surface area contributed by atoms with Crippen molar-refractivity contribution in [3.05, 3.63) is 114 Å². The molecule has 4 N–H and O–H groups in total. The summed E-state index contributed by atoms with van der Waals surface area (Å²) in [6, 6.07) is 14.2. The van der Waals surface area contributed by atoms with E-state index < -0.39 is 46.6 Å². The molecule has 0 spiro atoms. The number of phenols is 2. The van der Waals surface area contributed by atoms with Gasteiger partial charge in [0.05, 0.1) is 40.3 Å². The smallest absolute Gasteiger partial charge is 0.419 e. The molecule has 2 saturated heterocycles. The monoisotopic (exact) mass is 1370 g/mol. The summed E-state index contributed by atoms with van der Waals surface area (Å²) < 4.78 is 118. The maximum absolute atomic E-state index is 14.1. The summed E-state index contributed by atoms with van der Waals surface area (Å²) in [4.78, 5) is 55.8. The number of anilines is 2. The molecule has 4 aliphatic rings. The number of ether oxygens (including phenoxy) is 1. The normalized spacial score (nSPS) is 17.2. The highest BCUT2D eigenvalue weighted by molar-refractivity contribution is 9.69. The van der Waals surface area contributed by atoms with Crippen LogP contribution in [-0.4, -0.2) is 119 Å². The Morgan fingerprint density at radius 1 is 0.612 bits per heavy atom. The van der Waals surface area contributed by atoms with Crippen LogP contribution in [0.4, 0.5) is 47.0 Å². The van der Waals surface area contributed by atoms with Crippen molar-refractivity contribution in [3.63, 3.8) is 0 Å². The second-order valence-corrected chi connectivity index (χ2v) is 27.3. The molecule has 2 atom stereocenters. The number of aromatic hydroxyl groups is 2. The molecule has 0 radical (unpaired) electrons. The van der Waals surface area contributed by atoms with Gasteiger partial charge in [-0.3, -0.25) is 18.7 Å². The van der Waals surface area contributed by atoms with Crippen molar-refractivity contribution in [2.45, 2.75) is 82.7 Å². The number of halogens is 11. The standard InChI is InChI=1S/C29H28F4N6O2.C27H24F4N6O3.BBr3/c1-16-12-23-22(14-24(16)41-2)36-26(18-7-8-21(30)20(13-18)29(31,32)33)39(23)25-9-10-34-28(37-25)35-19-4-3-11-38(15-19)27(40)17-5-6-17;28-18-6-5-15(10-17(18)27(29,30)31)24-34-19-11-21(38)22(39)12-20(19)37(24)23-7-8-32-26(35-23)33-16-2-1-9-36(13-16)25(40)14-3-4-14;2-1(3)4/h7-10,12-14,17,19H,3-6,11,15H2,1-2H3,(H,34,35,37);5-8,10-12,14,16,38-39H,1-4,9,13H2,(H,32,33,35);/t19-;16-;/m11./s1. The van der Waals surface area contributed by atoms with Crippen molar-refractivity contribution in [3.8, 4) is 51.7 Å². The van der Waals surface area contributed by atoms with Gasteiger partial charge in [0.2, 0.25) is 23.7 Å². The number of piperidine rings is 2. The minimum atomic E-state index is -4.94. The molecule has 29 heteroatoms. The molecule has 0 unspecified atom stereocenters. The molecule has 4 aromatic carbocycles. The van der Waals surface area contributed by atoms with Crippen LogP contribution in [0.25, 0.3) is 56.5 Å². The quantitative estimate of drug-likeness (QED) is 0.0542. The van der Waals surface area contributed by atoms with Gasteiger partial charge in [0.15, 0.2) is 11.5 Å². The maximum atomic E-state index is 14.1. The minimum Gasteiger partial charge on any atom is -0.504 e. The summed E-state index contributed by atoms with van der Waals surface area (Å²) in [7, 11) is 1.52. The number of carbonyl (C=O) groups is 2. The van der Waals surface area contributed by atoms with E-state index >= 15 is 0 Å². The maximum Gasteiger partial charge on any atom is 0.419 e. The van der Waals surface area contributed by atoms with E-state index in [1.807, 2.05) is 22.8 Å². The van der Waals surface area contributed by atoms with E-state index in [0.29, 0.717) is 60.3 Å². The molecule has 12 rings (SSSR count). The van der Waals surface area contributed by atoms with E-state index in [1.165, 1.54) is 42.1 Å². The number of nitrogens with zero attached hydrogens (tertiary/aromatic N) is 10. The number of benzene rings is 4. The zero-order valence-corrected chi connectivity index (χ0v) is 50.0. The van der Waals surface area contributed by atoms with Crippen LogP contribution in [0.15, 0.2) is 85.2 Å². The van der Waals surface area contributed by atoms with Gasteiger partial charge in [0.1, 0.15) is 40.7 Å². The molecule has 0 bridgehead atoms. The molecule has 85 heavy (non-hydrogen) atoms. The van der Waals surface area contributed by atoms with Crippen LogP contribution in [0.5, 0.6) is 17.2 Å². The predicted molar refractivity (Wildman–Crippen MR) is 313 cm³/mol. The van der Waals surface area contributed by atoms with Crippen LogP contribution in [0.1, 0.15) is 68.1 Å². The molecule has 446 valence electrons. The Labute approximate surface area is 505 Å². The fourth-order valence-electron chi connectivity index (χ4n) is 10.4. The van der Waals surface area contributed by atoms with Crippen LogP contribution < -0.4 is 15.4 Å². The van der Waals surface area contributed by atoms with E-state index in [-0.39, 0.29) is 84.5 Å². The summed E-state index contributed by atoms with van der Waals surface area (Å²) >= 11 is 9.31. The van der Waals surface area contributed by atoms with Crippen molar-refractivity contribution in [1.29, 1.82) is 0 Å². The SMILES string of the molecule is BrB(Br)Br.COc1cc2nc(-c3ccc(F)c(C(F)(F)F)c3)n(-c3ccnc(N[C@@H]4CCCN(C(=O)C5CC5)C4)n3)c2cc1C.O=C(C1CC1)N1CCC[C@@H](Nc2nccc(-n3c(-c4ccc(F)c(C(F)(F)F)c4)nc4cc(O)c(O)cc43)n2)C1. The number of imidazole rings is 2. The number of aryl methyl sites for hydroxylation is 1. The number of hydrogen-bond donors (Lipinski definition) is 4. The Hall–Kier alpha value is -7.14. The van der Waals surface area contributed by atoms with Gasteiger partial charge in [-0.15, -0.1) is 47.3 Å². The number of aromatic nitrogens is 8. The minimum absolute atomic E-state index is 0.0194. The van der Waals surface area contributed by atoms with Crippen molar-refractivity contribution in [1.82, 2.24) is 48.8 Å². The third kappa shape index (κ3) is 14.1. The van der Waals surface area contributed by atoms with Gasteiger partial charge in [0, 0.05) is 91.8 Å². The first-order valence-corrected chi connectivity index (χ1v) is 29.6. The lowest BCUT2D eigenvalue weighted by molar-refractivity contribution is -0.140. The Morgan fingerprint density at radius 3 is 1.46 bits per heavy atom. The average Bonchev–Trinajstić information content (AvgIpc) is 2.03. The third-order valence-corrected chi connectivity index (χ3v) is 14.7. The van der Waals surface area contributed by atoms with Gasteiger partial charge < -0.3 is 35.4 Å². The lowest BCUT2D eigenvalue weighted by Gasteiger charge is -2.33. The zero-order valence-electron chi connectivity index (χ0n) is 45.2. The lowest BCUT2D eigenvalue weighted by Crippen LogP contribution is -2.45. The number of hydrogen-bond acceptors (Lipinski definition) is 13. The Balaban J connectivity index is 0.000000178. The van der Waals surface area contributed by atoms with E-state index in [9.17, 15) is 54.9 Å². The summed E-state index contributed by atoms with van der Waals surface area (Å²) in [6.45, 7) is 4.34. The summed E-state index contributed by atoms with van der Waals surface area (Å²) in [5.41, 5.74) is -0.575. The van der Waals surface area contributed by atoms with Crippen LogP contribution in [0, 0.1) is 30.4 Å². The van der Waals surface area contributed by atoms with Crippen LogP contribution in [-0.2, 0) is 21.9 Å². The topological polar surface area (TPSA) is 202 Å². The number of likely N-dealkylation sites (tertiary alicyclic amines) is 2. The number of fused-ring (bicyclic) bond motifs is 2. The second-order valence-electron chi connectivity index (χ2n) is 20.9. The Morgan fingerprint density at radius 2 is 1.04 bits per heavy atom. The molecule has 17 nitrogen and oxygen atoms in total. The molecule has 2 saturated carbocycles. The van der Waals surface area contributed by atoms with Crippen molar-refractivity contribution >= 4 is 96.2 Å². The number of methoxy groups -OCH3 is 1. The van der Waals surface area contributed by atoms with Gasteiger partial charge in [-0.05, 0) is 118 Å². The van der Waals surface area contributed by atoms with Gasteiger partial charge in [0.25, 0.3) is 0 Å². The first-order chi connectivity index (χ1) is 40.4. The van der Waals surface area contributed by atoms with Crippen LogP contribution >= 0.6 is 47.3 Å².